The zero-order valence-corrected chi connectivity index (χ0v) is 16.1. The lowest BCUT2D eigenvalue weighted by molar-refractivity contribution is -0.0672. The Morgan fingerprint density at radius 1 is 1.29 bits per heavy atom. The van der Waals surface area contributed by atoms with Crippen LogP contribution >= 0.6 is 11.6 Å². The Balaban J connectivity index is 1.66. The summed E-state index contributed by atoms with van der Waals surface area (Å²) in [6.45, 7) is 4.70. The number of nitrogens with zero attached hydrogens (tertiary/aromatic N) is 4. The number of carbonyl (C=O) groups is 1. The van der Waals surface area contributed by atoms with E-state index in [1.165, 1.54) is 0 Å². The maximum atomic E-state index is 13.3. The van der Waals surface area contributed by atoms with E-state index in [9.17, 15) is 9.59 Å². The lowest BCUT2D eigenvalue weighted by Crippen LogP contribution is -2.60. The fourth-order valence-corrected chi connectivity index (χ4v) is 3.92. The van der Waals surface area contributed by atoms with Gasteiger partial charge in [0.05, 0.1) is 35.2 Å². The Kier molecular flexibility index (Phi) is 5.38. The van der Waals surface area contributed by atoms with Crippen molar-refractivity contribution in [1.29, 1.82) is 0 Å². The number of hydrogen-bond acceptors (Lipinski definition) is 6. The molecule has 1 aromatic carbocycles. The SMILES string of the molecule is O=C(O)NCCc1nc2cccc(Cl)c2c(=O)n1N1CCN(C2COC2)CC1. The smallest absolute Gasteiger partial charge is 0.404 e. The normalized spacial score (nSPS) is 18.2. The van der Waals surface area contributed by atoms with Crippen LogP contribution in [0.2, 0.25) is 5.02 Å². The van der Waals surface area contributed by atoms with E-state index in [1.54, 1.807) is 22.9 Å². The van der Waals surface area contributed by atoms with Gasteiger partial charge in [0.25, 0.3) is 5.56 Å². The summed E-state index contributed by atoms with van der Waals surface area (Å²) in [6, 6.07) is 5.63. The summed E-state index contributed by atoms with van der Waals surface area (Å²) in [6.07, 6.45) is -0.796. The molecular formula is C18H22ClN5O4. The molecule has 150 valence electrons. The van der Waals surface area contributed by atoms with E-state index in [0.717, 1.165) is 26.3 Å². The highest BCUT2D eigenvalue weighted by Crippen LogP contribution is 2.20. The first kappa shape index (κ1) is 19.0. The van der Waals surface area contributed by atoms with E-state index in [-0.39, 0.29) is 12.1 Å². The van der Waals surface area contributed by atoms with E-state index in [1.807, 2.05) is 5.01 Å². The monoisotopic (exact) mass is 407 g/mol. The number of fused-ring (bicyclic) bond motifs is 1. The topological polar surface area (TPSA) is 99.9 Å². The fraction of sp³-hybridized carbons (Fsp3) is 0.500. The van der Waals surface area contributed by atoms with Gasteiger partial charge < -0.3 is 20.2 Å². The van der Waals surface area contributed by atoms with E-state index in [2.05, 4.69) is 15.2 Å². The van der Waals surface area contributed by atoms with Gasteiger partial charge in [-0.15, -0.1) is 0 Å². The van der Waals surface area contributed by atoms with Gasteiger partial charge in [0.15, 0.2) is 0 Å². The predicted molar refractivity (Wildman–Crippen MR) is 105 cm³/mol. The number of amides is 1. The molecule has 1 amide bonds. The second-order valence-electron chi connectivity index (χ2n) is 6.94. The Labute approximate surface area is 166 Å². The first-order valence-electron chi connectivity index (χ1n) is 9.28. The largest absolute Gasteiger partial charge is 0.465 e. The molecule has 1 aromatic heterocycles. The van der Waals surface area contributed by atoms with Crippen molar-refractivity contribution >= 4 is 28.6 Å². The molecular weight excluding hydrogens is 386 g/mol. The lowest BCUT2D eigenvalue weighted by Gasteiger charge is -2.43. The minimum atomic E-state index is -1.10. The third-order valence-electron chi connectivity index (χ3n) is 5.23. The van der Waals surface area contributed by atoms with E-state index in [4.69, 9.17) is 21.4 Å². The van der Waals surface area contributed by atoms with Crippen LogP contribution in [0.5, 0.6) is 0 Å². The van der Waals surface area contributed by atoms with Gasteiger partial charge in [-0.2, -0.15) is 0 Å². The van der Waals surface area contributed by atoms with Gasteiger partial charge in [-0.25, -0.2) is 14.5 Å². The molecule has 0 spiro atoms. The van der Waals surface area contributed by atoms with Crippen LogP contribution in [0.4, 0.5) is 4.79 Å². The van der Waals surface area contributed by atoms with Crippen molar-refractivity contribution in [3.05, 3.63) is 39.4 Å². The zero-order valence-electron chi connectivity index (χ0n) is 15.3. The first-order valence-corrected chi connectivity index (χ1v) is 9.66. The molecule has 2 aliphatic rings. The number of nitrogens with one attached hydrogen (secondary N) is 1. The Hall–Kier alpha value is -2.36. The molecule has 2 N–H and O–H groups in total. The summed E-state index contributed by atoms with van der Waals surface area (Å²) in [7, 11) is 0. The highest BCUT2D eigenvalue weighted by Gasteiger charge is 2.30. The Morgan fingerprint density at radius 3 is 2.68 bits per heavy atom. The number of hydrogen-bond donors (Lipinski definition) is 2. The van der Waals surface area contributed by atoms with Crippen molar-refractivity contribution in [2.75, 3.05) is 50.9 Å². The molecule has 0 radical (unpaired) electrons. The molecule has 10 heteroatoms. The van der Waals surface area contributed by atoms with Crippen molar-refractivity contribution in [3.8, 4) is 0 Å². The second kappa shape index (κ2) is 7.94. The summed E-state index contributed by atoms with van der Waals surface area (Å²) in [5.74, 6) is 0.522. The van der Waals surface area contributed by atoms with Crippen LogP contribution < -0.4 is 15.9 Å². The van der Waals surface area contributed by atoms with E-state index < -0.39 is 6.09 Å². The molecule has 2 saturated heterocycles. The highest BCUT2D eigenvalue weighted by molar-refractivity contribution is 6.35. The standard InChI is InChI=1S/C18H22ClN5O4/c19-13-2-1-3-14-16(13)17(25)24(15(21-14)4-5-20-18(26)27)23-8-6-22(7-9-23)12-10-28-11-12/h1-3,12,20H,4-11H2,(H,26,27). The number of aromatic nitrogens is 2. The van der Waals surface area contributed by atoms with Gasteiger partial charge in [-0.3, -0.25) is 9.69 Å². The van der Waals surface area contributed by atoms with Gasteiger partial charge in [0.1, 0.15) is 5.82 Å². The lowest BCUT2D eigenvalue weighted by atomic mass is 10.2. The molecule has 0 atom stereocenters. The van der Waals surface area contributed by atoms with Crippen LogP contribution in [0, 0.1) is 0 Å². The van der Waals surface area contributed by atoms with Crippen LogP contribution in [0.3, 0.4) is 0 Å². The van der Waals surface area contributed by atoms with Crippen molar-refractivity contribution in [3.63, 3.8) is 0 Å². The number of piperazine rings is 1. The first-order chi connectivity index (χ1) is 13.5. The van der Waals surface area contributed by atoms with Crippen molar-refractivity contribution < 1.29 is 14.6 Å². The number of rotatable bonds is 5. The number of benzene rings is 1. The summed E-state index contributed by atoms with van der Waals surface area (Å²) in [4.78, 5) is 31.1. The summed E-state index contributed by atoms with van der Waals surface area (Å²) < 4.78 is 6.85. The molecule has 0 saturated carbocycles. The molecule has 9 nitrogen and oxygen atoms in total. The van der Waals surface area contributed by atoms with Gasteiger partial charge >= 0.3 is 6.09 Å². The Bertz CT molecular complexity index is 937. The predicted octanol–water partition coefficient (Wildman–Crippen LogP) is 0.512. The van der Waals surface area contributed by atoms with E-state index in [0.29, 0.717) is 47.3 Å². The van der Waals surface area contributed by atoms with Crippen LogP contribution in [0.25, 0.3) is 10.9 Å². The molecule has 0 unspecified atom stereocenters. The summed E-state index contributed by atoms with van der Waals surface area (Å²) >= 11 is 6.28. The molecule has 0 bridgehead atoms. The molecule has 2 aromatic rings. The minimum absolute atomic E-state index is 0.174. The Morgan fingerprint density at radius 2 is 2.04 bits per heavy atom. The van der Waals surface area contributed by atoms with E-state index >= 15 is 0 Å². The number of ether oxygens (including phenoxy) is 1. The quantitative estimate of drug-likeness (QED) is 0.745. The molecule has 4 rings (SSSR count). The fourth-order valence-electron chi connectivity index (χ4n) is 3.67. The molecule has 3 heterocycles. The summed E-state index contributed by atoms with van der Waals surface area (Å²) in [5.41, 5.74) is 0.297. The average molecular weight is 408 g/mol. The second-order valence-corrected chi connectivity index (χ2v) is 7.35. The molecule has 2 aliphatic heterocycles. The number of halogens is 1. The maximum Gasteiger partial charge on any atom is 0.404 e. The molecule has 2 fully saturated rings. The third kappa shape index (κ3) is 3.65. The van der Waals surface area contributed by atoms with Gasteiger partial charge in [0, 0.05) is 39.1 Å². The van der Waals surface area contributed by atoms with Gasteiger partial charge in [0.2, 0.25) is 0 Å². The minimum Gasteiger partial charge on any atom is -0.465 e. The molecule has 0 aliphatic carbocycles. The van der Waals surface area contributed by atoms with Gasteiger partial charge in [-0.1, -0.05) is 17.7 Å². The average Bonchev–Trinajstić information content (AvgIpc) is 2.61. The summed E-state index contributed by atoms with van der Waals surface area (Å²) in [5, 5.41) is 13.9. The third-order valence-corrected chi connectivity index (χ3v) is 5.54. The van der Waals surface area contributed by atoms with Crippen molar-refractivity contribution in [2.45, 2.75) is 12.5 Å². The van der Waals surface area contributed by atoms with Crippen molar-refractivity contribution in [1.82, 2.24) is 19.9 Å². The number of carboxylic acid groups (broad SMARTS) is 1. The maximum absolute atomic E-state index is 13.3. The van der Waals surface area contributed by atoms with Crippen LogP contribution in [0.15, 0.2) is 23.0 Å². The van der Waals surface area contributed by atoms with Crippen LogP contribution in [-0.2, 0) is 11.2 Å². The molecule has 28 heavy (non-hydrogen) atoms. The van der Waals surface area contributed by atoms with Crippen molar-refractivity contribution in [2.24, 2.45) is 0 Å². The zero-order chi connectivity index (χ0) is 19.7. The van der Waals surface area contributed by atoms with Crippen LogP contribution in [0.1, 0.15) is 5.82 Å². The van der Waals surface area contributed by atoms with Crippen LogP contribution in [-0.4, -0.2) is 77.7 Å². The highest BCUT2D eigenvalue weighted by atomic mass is 35.5. The van der Waals surface area contributed by atoms with Gasteiger partial charge in [-0.05, 0) is 12.1 Å².